The highest BCUT2D eigenvalue weighted by molar-refractivity contribution is 8.03. The molecule has 0 atom stereocenters. The number of rotatable bonds is 1. The van der Waals surface area contributed by atoms with Crippen molar-refractivity contribution in [2.24, 2.45) is 4.99 Å². The molecule has 2 aromatic rings. The molecule has 0 bridgehead atoms. The van der Waals surface area contributed by atoms with Crippen LogP contribution in [-0.4, -0.2) is 5.84 Å². The minimum absolute atomic E-state index is 0.876. The minimum atomic E-state index is 0.876. The van der Waals surface area contributed by atoms with E-state index >= 15 is 0 Å². The fraction of sp³-hybridized carbons (Fsp3) is 0.0625. The molecule has 2 nitrogen and oxygen atoms in total. The van der Waals surface area contributed by atoms with Crippen molar-refractivity contribution in [2.45, 2.75) is 11.8 Å². The molecule has 0 saturated heterocycles. The Labute approximate surface area is 117 Å². The van der Waals surface area contributed by atoms with E-state index in [4.69, 9.17) is 4.99 Å². The molecule has 1 aliphatic rings. The first kappa shape index (κ1) is 12.1. The van der Waals surface area contributed by atoms with Gasteiger partial charge in [0.2, 0.25) is 0 Å². The summed E-state index contributed by atoms with van der Waals surface area (Å²) in [5, 5.41) is 3.35. The predicted octanol–water partition coefficient (Wildman–Crippen LogP) is 4.84. The van der Waals surface area contributed by atoms with E-state index in [0.717, 1.165) is 17.2 Å². The van der Waals surface area contributed by atoms with Crippen LogP contribution in [0.15, 0.2) is 75.5 Å². The Morgan fingerprint density at radius 2 is 1.68 bits per heavy atom. The molecule has 94 valence electrons. The first-order valence-corrected chi connectivity index (χ1v) is 6.99. The molecule has 3 heteroatoms. The van der Waals surface area contributed by atoms with E-state index in [1.807, 2.05) is 48.5 Å². The molecule has 0 radical (unpaired) electrons. The quantitative estimate of drug-likeness (QED) is 0.798. The first-order valence-electron chi connectivity index (χ1n) is 6.17. The topological polar surface area (TPSA) is 24.4 Å². The predicted molar refractivity (Wildman–Crippen MR) is 83.2 cm³/mol. The van der Waals surface area contributed by atoms with Crippen LogP contribution in [0.4, 0.5) is 11.4 Å². The summed E-state index contributed by atoms with van der Waals surface area (Å²) in [6, 6.07) is 18.3. The van der Waals surface area contributed by atoms with Crippen LogP contribution in [0.3, 0.4) is 0 Å². The third-order valence-corrected chi connectivity index (χ3v) is 3.77. The molecule has 3 rings (SSSR count). The number of amidine groups is 1. The summed E-state index contributed by atoms with van der Waals surface area (Å²) >= 11 is 1.75. The van der Waals surface area contributed by atoms with Gasteiger partial charge in [-0.25, -0.2) is 4.99 Å². The molecule has 1 heterocycles. The number of thioether (sulfide) groups is 1. The summed E-state index contributed by atoms with van der Waals surface area (Å²) in [6.45, 7) is 2.11. The van der Waals surface area contributed by atoms with E-state index in [9.17, 15) is 0 Å². The lowest BCUT2D eigenvalue weighted by Gasteiger charge is -2.05. The summed E-state index contributed by atoms with van der Waals surface area (Å²) in [4.78, 5) is 7.12. The maximum Gasteiger partial charge on any atom is 0.131 e. The molecule has 0 aliphatic carbocycles. The molecule has 0 aromatic heterocycles. The van der Waals surface area contributed by atoms with Gasteiger partial charge in [-0.15, -0.1) is 0 Å². The summed E-state index contributed by atoms with van der Waals surface area (Å²) < 4.78 is 0. The third kappa shape index (κ3) is 2.88. The Morgan fingerprint density at radius 3 is 2.53 bits per heavy atom. The molecule has 1 aliphatic heterocycles. The molecule has 0 spiro atoms. The number of hydrogen-bond donors (Lipinski definition) is 1. The summed E-state index contributed by atoms with van der Waals surface area (Å²) in [5.41, 5.74) is 2.06. The van der Waals surface area contributed by atoms with Gasteiger partial charge in [-0.3, -0.25) is 0 Å². The lowest BCUT2D eigenvalue weighted by molar-refractivity contribution is 1.38. The SMILES string of the molecule is CC1=CC(Nc2ccccc2)=Nc2ccccc2S1. The van der Waals surface area contributed by atoms with Crippen molar-refractivity contribution < 1.29 is 0 Å². The number of hydrogen-bond acceptors (Lipinski definition) is 3. The van der Waals surface area contributed by atoms with Gasteiger partial charge in [0.1, 0.15) is 5.84 Å². The molecule has 19 heavy (non-hydrogen) atoms. The zero-order valence-electron chi connectivity index (χ0n) is 10.6. The fourth-order valence-electron chi connectivity index (χ4n) is 1.93. The number of anilines is 1. The van der Waals surface area contributed by atoms with Crippen molar-refractivity contribution >= 4 is 29.0 Å². The van der Waals surface area contributed by atoms with Gasteiger partial charge < -0.3 is 5.32 Å². The van der Waals surface area contributed by atoms with Crippen LogP contribution < -0.4 is 5.32 Å². The van der Waals surface area contributed by atoms with Crippen molar-refractivity contribution in [3.05, 3.63) is 65.6 Å². The first-order chi connectivity index (χ1) is 9.31. The van der Waals surface area contributed by atoms with Crippen LogP contribution in [0.5, 0.6) is 0 Å². The Balaban J connectivity index is 1.96. The molecule has 0 saturated carbocycles. The standard InChI is InChI=1S/C16H14N2S/c1-12-11-16(17-13-7-3-2-4-8-13)18-14-9-5-6-10-15(14)19-12/h2-11H,1H3,(H,17,18). The fourth-order valence-corrected chi connectivity index (χ4v) is 2.81. The second-order valence-corrected chi connectivity index (χ2v) is 5.60. The van der Waals surface area contributed by atoms with Crippen molar-refractivity contribution in [1.82, 2.24) is 0 Å². The number of para-hydroxylation sites is 2. The van der Waals surface area contributed by atoms with E-state index < -0.39 is 0 Å². The van der Waals surface area contributed by atoms with Crippen LogP contribution in [-0.2, 0) is 0 Å². The molecule has 1 N–H and O–H groups in total. The van der Waals surface area contributed by atoms with Gasteiger partial charge in [0.15, 0.2) is 0 Å². The minimum Gasteiger partial charge on any atom is -0.340 e. The highest BCUT2D eigenvalue weighted by Gasteiger charge is 2.09. The third-order valence-electron chi connectivity index (χ3n) is 2.76. The van der Waals surface area contributed by atoms with Crippen LogP contribution in [0.1, 0.15) is 6.92 Å². The molecule has 0 amide bonds. The largest absolute Gasteiger partial charge is 0.340 e. The van der Waals surface area contributed by atoms with E-state index in [1.165, 1.54) is 9.80 Å². The maximum atomic E-state index is 4.69. The zero-order chi connectivity index (χ0) is 13.1. The van der Waals surface area contributed by atoms with Crippen molar-refractivity contribution in [2.75, 3.05) is 5.32 Å². The lowest BCUT2D eigenvalue weighted by Crippen LogP contribution is -2.08. The summed E-state index contributed by atoms with van der Waals surface area (Å²) in [6.07, 6.45) is 2.08. The van der Waals surface area contributed by atoms with Crippen LogP contribution in [0, 0.1) is 0 Å². The monoisotopic (exact) mass is 266 g/mol. The second-order valence-electron chi connectivity index (χ2n) is 4.31. The number of allylic oxidation sites excluding steroid dienone is 1. The zero-order valence-corrected chi connectivity index (χ0v) is 11.4. The highest BCUT2D eigenvalue weighted by Crippen LogP contribution is 2.36. The Morgan fingerprint density at radius 1 is 0.947 bits per heavy atom. The van der Waals surface area contributed by atoms with E-state index in [1.54, 1.807) is 11.8 Å². The van der Waals surface area contributed by atoms with Crippen molar-refractivity contribution in [3.63, 3.8) is 0 Å². The number of nitrogens with one attached hydrogen (secondary N) is 1. The number of fused-ring (bicyclic) bond motifs is 1. The van der Waals surface area contributed by atoms with Crippen LogP contribution in [0.2, 0.25) is 0 Å². The normalized spacial score (nSPS) is 13.9. The van der Waals surface area contributed by atoms with Gasteiger partial charge >= 0.3 is 0 Å². The van der Waals surface area contributed by atoms with Gasteiger partial charge in [0.25, 0.3) is 0 Å². The van der Waals surface area contributed by atoms with Gasteiger partial charge in [-0.1, -0.05) is 42.1 Å². The Bertz CT molecular complexity index is 645. The molecular formula is C16H14N2S. The lowest BCUT2D eigenvalue weighted by atomic mass is 10.3. The smallest absolute Gasteiger partial charge is 0.131 e. The molecule has 2 aromatic carbocycles. The van der Waals surface area contributed by atoms with Crippen molar-refractivity contribution in [3.8, 4) is 0 Å². The Kier molecular flexibility index (Phi) is 3.38. The number of benzene rings is 2. The highest BCUT2D eigenvalue weighted by atomic mass is 32.2. The van der Waals surface area contributed by atoms with E-state index in [2.05, 4.69) is 24.4 Å². The Hall–Kier alpha value is -2.00. The summed E-state index contributed by atoms with van der Waals surface area (Å²) in [7, 11) is 0. The van der Waals surface area contributed by atoms with E-state index in [0.29, 0.717) is 0 Å². The van der Waals surface area contributed by atoms with Gasteiger partial charge in [-0.2, -0.15) is 0 Å². The number of nitrogens with zero attached hydrogens (tertiary/aromatic N) is 1. The average Bonchev–Trinajstić information content (AvgIpc) is 2.57. The maximum absolute atomic E-state index is 4.69. The van der Waals surface area contributed by atoms with Crippen molar-refractivity contribution in [1.29, 1.82) is 0 Å². The van der Waals surface area contributed by atoms with Crippen LogP contribution >= 0.6 is 11.8 Å². The number of aliphatic imine (C=N–C) groups is 1. The molecule has 0 fully saturated rings. The second kappa shape index (κ2) is 5.33. The van der Waals surface area contributed by atoms with Crippen LogP contribution in [0.25, 0.3) is 0 Å². The van der Waals surface area contributed by atoms with Gasteiger partial charge in [0, 0.05) is 10.6 Å². The van der Waals surface area contributed by atoms with E-state index in [-0.39, 0.29) is 0 Å². The molecule has 0 unspecified atom stereocenters. The average molecular weight is 266 g/mol. The summed E-state index contributed by atoms with van der Waals surface area (Å²) in [5.74, 6) is 0.876. The molecular weight excluding hydrogens is 252 g/mol. The van der Waals surface area contributed by atoms with Gasteiger partial charge in [-0.05, 0) is 42.2 Å². The van der Waals surface area contributed by atoms with Gasteiger partial charge in [0.05, 0.1) is 5.69 Å².